The summed E-state index contributed by atoms with van der Waals surface area (Å²) in [5, 5.41) is 19.5. The number of hydrogen-bond acceptors (Lipinski definition) is 7. The molecule has 0 radical (unpaired) electrons. The molecule has 1 rings (SSSR count). The second kappa shape index (κ2) is 15.6. The van der Waals surface area contributed by atoms with E-state index in [0.29, 0.717) is 19.5 Å². The van der Waals surface area contributed by atoms with E-state index in [0.717, 1.165) is 44.9 Å². The molecule has 0 aliphatic carbocycles. The Morgan fingerprint density at radius 3 is 2.53 bits per heavy atom. The molecule has 0 aromatic carbocycles. The third-order valence-electron chi connectivity index (χ3n) is 5.12. The van der Waals surface area contributed by atoms with Crippen LogP contribution in [0.15, 0.2) is 17.1 Å². The van der Waals surface area contributed by atoms with Crippen LogP contribution in [-0.2, 0) is 14.9 Å². The predicted molar refractivity (Wildman–Crippen MR) is 112 cm³/mol. The Balaban J connectivity index is 0.00000841. The number of carbonyl (C=O) groups is 1. The summed E-state index contributed by atoms with van der Waals surface area (Å²) < 4.78 is 32.7. The number of hydrogen-bond donors (Lipinski definition) is 2. The van der Waals surface area contributed by atoms with Gasteiger partial charge >= 0.3 is 29.6 Å². The summed E-state index contributed by atoms with van der Waals surface area (Å²) in [6.45, 7) is 2.75. The SMILES string of the molecule is CCC/C=C/CCCCCCC(=O)C1=NCC[N+]1(CCO)CC(O)CS(=O)(=O)[O-].[Na+]. The molecular weight excluding hydrogens is 419 g/mol. The van der Waals surface area contributed by atoms with Crippen LogP contribution in [0.3, 0.4) is 0 Å². The number of quaternary nitrogens is 1. The first-order valence-corrected chi connectivity index (χ1v) is 12.1. The van der Waals surface area contributed by atoms with Crippen molar-refractivity contribution in [3.63, 3.8) is 0 Å². The van der Waals surface area contributed by atoms with Crippen molar-refractivity contribution >= 4 is 21.7 Å². The van der Waals surface area contributed by atoms with E-state index in [1.165, 1.54) is 0 Å². The summed E-state index contributed by atoms with van der Waals surface area (Å²) in [6, 6.07) is 0. The molecule has 0 aromatic heterocycles. The van der Waals surface area contributed by atoms with Crippen molar-refractivity contribution in [1.82, 2.24) is 0 Å². The van der Waals surface area contributed by atoms with E-state index in [4.69, 9.17) is 0 Å². The average Bonchev–Trinajstić information content (AvgIpc) is 3.01. The minimum Gasteiger partial charge on any atom is -0.748 e. The fourth-order valence-corrected chi connectivity index (χ4v) is 4.32. The minimum atomic E-state index is -4.58. The summed E-state index contributed by atoms with van der Waals surface area (Å²) in [7, 11) is -4.58. The molecule has 1 aliphatic rings. The van der Waals surface area contributed by atoms with E-state index >= 15 is 0 Å². The van der Waals surface area contributed by atoms with Gasteiger partial charge in [-0.2, -0.15) is 0 Å². The first-order valence-electron chi connectivity index (χ1n) is 10.6. The van der Waals surface area contributed by atoms with Crippen LogP contribution in [-0.4, -0.2) is 83.9 Å². The number of amidine groups is 1. The van der Waals surface area contributed by atoms with Gasteiger partial charge in [0.05, 0.1) is 29.0 Å². The van der Waals surface area contributed by atoms with Gasteiger partial charge in [0.1, 0.15) is 25.7 Å². The van der Waals surface area contributed by atoms with Crippen LogP contribution >= 0.6 is 0 Å². The van der Waals surface area contributed by atoms with Gasteiger partial charge in [-0.15, -0.1) is 0 Å². The van der Waals surface area contributed by atoms with Crippen molar-refractivity contribution < 1.29 is 62.0 Å². The van der Waals surface area contributed by atoms with Crippen molar-refractivity contribution in [1.29, 1.82) is 0 Å². The van der Waals surface area contributed by atoms with Crippen molar-refractivity contribution in [2.24, 2.45) is 4.99 Å². The summed E-state index contributed by atoms with van der Waals surface area (Å²) in [5.41, 5.74) is 0. The molecule has 10 heteroatoms. The topological polar surface area (TPSA) is 127 Å². The maximum Gasteiger partial charge on any atom is 1.00 e. The zero-order valence-corrected chi connectivity index (χ0v) is 21.3. The van der Waals surface area contributed by atoms with E-state index < -0.39 is 22.0 Å². The van der Waals surface area contributed by atoms with Gasteiger partial charge in [-0.05, 0) is 25.7 Å². The molecule has 0 spiro atoms. The Labute approximate surface area is 203 Å². The quantitative estimate of drug-likeness (QED) is 0.0947. The maximum absolute atomic E-state index is 12.7. The molecule has 0 bridgehead atoms. The Bertz CT molecular complexity index is 668. The van der Waals surface area contributed by atoms with Crippen molar-refractivity contribution in [3.05, 3.63) is 12.2 Å². The molecule has 0 aromatic rings. The maximum atomic E-state index is 12.7. The summed E-state index contributed by atoms with van der Waals surface area (Å²) in [5.74, 6) is -0.757. The van der Waals surface area contributed by atoms with Gasteiger partial charge in [0.2, 0.25) is 5.78 Å². The van der Waals surface area contributed by atoms with Crippen molar-refractivity contribution in [2.45, 2.75) is 64.4 Å². The number of carbonyl (C=O) groups excluding carboxylic acids is 1. The number of aliphatic hydroxyl groups excluding tert-OH is 2. The molecule has 8 nitrogen and oxygen atoms in total. The molecule has 168 valence electrons. The molecule has 0 saturated carbocycles. The zero-order valence-electron chi connectivity index (χ0n) is 18.5. The van der Waals surface area contributed by atoms with E-state index in [1.807, 2.05) is 0 Å². The van der Waals surface area contributed by atoms with Crippen molar-refractivity contribution in [3.8, 4) is 0 Å². The molecular formula is C20H36N2NaO6S+. The van der Waals surface area contributed by atoms with Crippen molar-refractivity contribution in [2.75, 3.05) is 38.5 Å². The summed E-state index contributed by atoms with van der Waals surface area (Å²) >= 11 is 0. The van der Waals surface area contributed by atoms with Gasteiger partial charge in [0.15, 0.2) is 0 Å². The van der Waals surface area contributed by atoms with E-state index in [2.05, 4.69) is 24.1 Å². The molecule has 0 amide bonds. The van der Waals surface area contributed by atoms with Gasteiger partial charge in [-0.25, -0.2) is 13.4 Å². The van der Waals surface area contributed by atoms with E-state index in [1.54, 1.807) is 0 Å². The molecule has 0 fully saturated rings. The molecule has 0 saturated heterocycles. The first-order chi connectivity index (χ1) is 13.7. The van der Waals surface area contributed by atoms with Crippen LogP contribution in [0, 0.1) is 0 Å². The number of rotatable bonds is 16. The Morgan fingerprint density at radius 1 is 1.23 bits per heavy atom. The van der Waals surface area contributed by atoms with E-state index in [9.17, 15) is 28.0 Å². The summed E-state index contributed by atoms with van der Waals surface area (Å²) in [4.78, 5) is 17.0. The van der Waals surface area contributed by atoms with Crippen LogP contribution in [0.2, 0.25) is 0 Å². The third kappa shape index (κ3) is 11.5. The van der Waals surface area contributed by atoms with Crippen LogP contribution in [0.4, 0.5) is 0 Å². The van der Waals surface area contributed by atoms with Gasteiger partial charge in [-0.1, -0.05) is 38.3 Å². The zero-order chi connectivity index (χ0) is 21.8. The fraction of sp³-hybridized carbons (Fsp3) is 0.800. The molecule has 30 heavy (non-hydrogen) atoms. The van der Waals surface area contributed by atoms with Crippen LogP contribution in [0.25, 0.3) is 0 Å². The molecule has 2 unspecified atom stereocenters. The molecule has 2 atom stereocenters. The number of ketones is 1. The Kier molecular flexibility index (Phi) is 15.6. The number of nitrogens with zero attached hydrogens (tertiary/aromatic N) is 2. The first kappa shape index (κ1) is 29.9. The van der Waals surface area contributed by atoms with Crippen LogP contribution in [0.1, 0.15) is 58.3 Å². The average molecular weight is 456 g/mol. The largest absolute Gasteiger partial charge is 1.00 e. The van der Waals surface area contributed by atoms with Gasteiger partial charge in [0, 0.05) is 6.42 Å². The molecule has 1 heterocycles. The van der Waals surface area contributed by atoms with Crippen LogP contribution in [0.5, 0.6) is 0 Å². The third-order valence-corrected chi connectivity index (χ3v) is 5.91. The second-order valence-electron chi connectivity index (χ2n) is 7.72. The van der Waals surface area contributed by atoms with Gasteiger partial charge in [-0.3, -0.25) is 9.28 Å². The minimum absolute atomic E-state index is 0. The number of aliphatic hydroxyl groups is 2. The Hall–Kier alpha value is -0.130. The monoisotopic (exact) mass is 455 g/mol. The number of Topliss-reactive ketones (excluding diaryl/α,β-unsaturated/α-hetero) is 1. The van der Waals surface area contributed by atoms with E-state index in [-0.39, 0.29) is 65.4 Å². The smallest absolute Gasteiger partial charge is 0.748 e. The number of aliphatic imine (C=N–C) groups is 1. The normalized spacial score (nSPS) is 20.2. The van der Waals surface area contributed by atoms with Crippen LogP contribution < -0.4 is 29.6 Å². The van der Waals surface area contributed by atoms with Gasteiger partial charge < -0.3 is 14.8 Å². The standard InChI is InChI=1S/C20H36N2O6S.Na/c1-2-3-4-5-6-7-8-9-10-11-19(25)20-21-12-13-22(20,14-15-23)16-18(24)17-29(26,27)28;/h4-5,18,23-24H,2-3,6-17H2,1H3;/q;+1/b5-4+;. The number of allylic oxidation sites excluding steroid dienone is 2. The number of unbranched alkanes of at least 4 members (excludes halogenated alkanes) is 5. The predicted octanol–water partition coefficient (Wildman–Crippen LogP) is -1.62. The summed E-state index contributed by atoms with van der Waals surface area (Å²) in [6.07, 6.45) is 10.5. The molecule has 1 aliphatic heterocycles. The fourth-order valence-electron chi connectivity index (χ4n) is 3.74. The molecule has 2 N–H and O–H groups in total. The van der Waals surface area contributed by atoms with Gasteiger partial charge in [0.25, 0.3) is 5.84 Å². The second-order valence-corrected chi connectivity index (χ2v) is 9.17. The Morgan fingerprint density at radius 2 is 1.90 bits per heavy atom.